The number of amides is 1. The van der Waals surface area contributed by atoms with E-state index in [-0.39, 0.29) is 12.3 Å². The number of ether oxygens (including phenoxy) is 1. The van der Waals surface area contributed by atoms with Crippen LogP contribution in [0.1, 0.15) is 22.7 Å². The third-order valence-electron chi connectivity index (χ3n) is 3.37. The number of carbonyl (C=O) groups excluding carboxylic acids is 2. The minimum absolute atomic E-state index is 0.179. The molecule has 8 heteroatoms. The second-order valence-corrected chi connectivity index (χ2v) is 5.11. The lowest BCUT2D eigenvalue weighted by Crippen LogP contribution is -2.12. The Balaban J connectivity index is 1.52. The van der Waals surface area contributed by atoms with Crippen molar-refractivity contribution in [3.05, 3.63) is 54.1 Å². The van der Waals surface area contributed by atoms with Crippen molar-refractivity contribution in [3.8, 4) is 11.6 Å². The van der Waals surface area contributed by atoms with Crippen molar-refractivity contribution in [1.82, 2.24) is 10.1 Å². The van der Waals surface area contributed by atoms with Crippen molar-refractivity contribution in [2.24, 2.45) is 0 Å². The molecule has 0 bridgehead atoms. The summed E-state index contributed by atoms with van der Waals surface area (Å²) in [6.07, 6.45) is 2.00. The number of nitrogens with zero attached hydrogens (tertiary/aromatic N) is 2. The van der Waals surface area contributed by atoms with Crippen molar-refractivity contribution in [1.29, 1.82) is 0 Å². The highest BCUT2D eigenvalue weighted by Gasteiger charge is 2.12. The smallest absolute Gasteiger partial charge is 0.337 e. The summed E-state index contributed by atoms with van der Waals surface area (Å²) in [6, 6.07) is 9.87. The van der Waals surface area contributed by atoms with Crippen molar-refractivity contribution >= 4 is 17.6 Å². The maximum Gasteiger partial charge on any atom is 0.337 e. The number of anilines is 1. The Hall–Kier alpha value is -3.42. The summed E-state index contributed by atoms with van der Waals surface area (Å²) in [5, 5.41) is 6.53. The Kier molecular flexibility index (Phi) is 4.89. The molecule has 0 saturated carbocycles. The molecule has 2 aromatic heterocycles. The molecule has 0 unspecified atom stereocenters. The Morgan fingerprint density at radius 3 is 2.68 bits per heavy atom. The predicted molar refractivity (Wildman–Crippen MR) is 86.7 cm³/mol. The van der Waals surface area contributed by atoms with Crippen molar-refractivity contribution in [2.45, 2.75) is 12.8 Å². The van der Waals surface area contributed by atoms with E-state index in [2.05, 4.69) is 20.2 Å². The van der Waals surface area contributed by atoms with Gasteiger partial charge in [-0.2, -0.15) is 4.98 Å². The zero-order valence-corrected chi connectivity index (χ0v) is 13.4. The zero-order valence-electron chi connectivity index (χ0n) is 13.4. The highest BCUT2D eigenvalue weighted by molar-refractivity contribution is 5.93. The average molecular weight is 341 g/mol. The molecule has 0 aliphatic heterocycles. The van der Waals surface area contributed by atoms with Gasteiger partial charge in [0, 0.05) is 18.5 Å². The zero-order chi connectivity index (χ0) is 17.6. The van der Waals surface area contributed by atoms with Crippen LogP contribution in [0, 0.1) is 0 Å². The average Bonchev–Trinajstić information content (AvgIpc) is 3.31. The fraction of sp³-hybridized carbons (Fsp3) is 0.176. The number of aryl methyl sites for hydroxylation is 1. The van der Waals surface area contributed by atoms with Crippen molar-refractivity contribution < 1.29 is 23.3 Å². The third-order valence-corrected chi connectivity index (χ3v) is 3.37. The van der Waals surface area contributed by atoms with E-state index in [1.165, 1.54) is 13.4 Å². The summed E-state index contributed by atoms with van der Waals surface area (Å²) in [4.78, 5) is 27.5. The SMILES string of the molecule is COC(=O)c1ccc(NC(=O)CCc2nc(-c3ccco3)no2)cc1. The van der Waals surface area contributed by atoms with Gasteiger partial charge in [-0.1, -0.05) is 5.16 Å². The van der Waals surface area contributed by atoms with Crippen LogP contribution in [-0.2, 0) is 16.0 Å². The van der Waals surface area contributed by atoms with Crippen LogP contribution in [0.2, 0.25) is 0 Å². The van der Waals surface area contributed by atoms with Gasteiger partial charge in [0.2, 0.25) is 17.6 Å². The molecule has 0 aliphatic carbocycles. The van der Waals surface area contributed by atoms with Gasteiger partial charge in [-0.3, -0.25) is 4.79 Å². The number of aromatic nitrogens is 2. The standard InChI is InChI=1S/C17H15N3O5/c1-23-17(22)11-4-6-12(7-5-11)18-14(21)8-9-15-19-16(20-25-15)13-3-2-10-24-13/h2-7,10H,8-9H2,1H3,(H,18,21). The predicted octanol–water partition coefficient (Wildman–Crippen LogP) is 2.69. The van der Waals surface area contributed by atoms with E-state index >= 15 is 0 Å². The molecule has 128 valence electrons. The van der Waals surface area contributed by atoms with Crippen LogP contribution in [0.3, 0.4) is 0 Å². The highest BCUT2D eigenvalue weighted by Crippen LogP contribution is 2.16. The second-order valence-electron chi connectivity index (χ2n) is 5.11. The molecular weight excluding hydrogens is 326 g/mol. The first kappa shape index (κ1) is 16.4. The van der Waals surface area contributed by atoms with Crippen molar-refractivity contribution in [2.75, 3.05) is 12.4 Å². The van der Waals surface area contributed by atoms with Gasteiger partial charge in [0.1, 0.15) is 0 Å². The molecule has 0 aliphatic rings. The van der Waals surface area contributed by atoms with Gasteiger partial charge in [0.25, 0.3) is 0 Å². The summed E-state index contributed by atoms with van der Waals surface area (Å²) < 4.78 is 14.9. The van der Waals surface area contributed by atoms with Gasteiger partial charge in [0.15, 0.2) is 5.76 Å². The van der Waals surface area contributed by atoms with Crippen LogP contribution in [0.25, 0.3) is 11.6 Å². The van der Waals surface area contributed by atoms with Gasteiger partial charge in [-0.25, -0.2) is 4.79 Å². The van der Waals surface area contributed by atoms with E-state index in [4.69, 9.17) is 8.94 Å². The molecule has 0 fully saturated rings. The number of benzene rings is 1. The first-order valence-corrected chi connectivity index (χ1v) is 7.50. The number of hydrogen-bond donors (Lipinski definition) is 1. The molecule has 25 heavy (non-hydrogen) atoms. The number of methoxy groups -OCH3 is 1. The minimum atomic E-state index is -0.429. The fourth-order valence-electron chi connectivity index (χ4n) is 2.11. The Morgan fingerprint density at radius 2 is 2.00 bits per heavy atom. The molecule has 1 N–H and O–H groups in total. The number of carbonyl (C=O) groups is 2. The Morgan fingerprint density at radius 1 is 1.20 bits per heavy atom. The fourth-order valence-corrected chi connectivity index (χ4v) is 2.11. The number of furan rings is 1. The van der Waals surface area contributed by atoms with Crippen LogP contribution in [0.15, 0.2) is 51.6 Å². The summed E-state index contributed by atoms with van der Waals surface area (Å²) >= 11 is 0. The maximum atomic E-state index is 12.0. The minimum Gasteiger partial charge on any atom is -0.465 e. The largest absolute Gasteiger partial charge is 0.465 e. The van der Waals surface area contributed by atoms with Gasteiger partial charge >= 0.3 is 5.97 Å². The molecule has 3 aromatic rings. The third kappa shape index (κ3) is 4.11. The van der Waals surface area contributed by atoms with Gasteiger partial charge < -0.3 is 19.0 Å². The van der Waals surface area contributed by atoms with Gasteiger partial charge in [0.05, 0.1) is 18.9 Å². The first-order chi connectivity index (χ1) is 12.2. The summed E-state index contributed by atoms with van der Waals surface area (Å²) in [5.74, 6) is 0.566. The number of rotatable bonds is 6. The van der Waals surface area contributed by atoms with Crippen LogP contribution < -0.4 is 5.32 Å². The molecule has 0 saturated heterocycles. The van der Waals surface area contributed by atoms with Crippen LogP contribution >= 0.6 is 0 Å². The van der Waals surface area contributed by atoms with Gasteiger partial charge in [-0.15, -0.1) is 0 Å². The monoisotopic (exact) mass is 341 g/mol. The Bertz CT molecular complexity index is 853. The maximum absolute atomic E-state index is 12.0. The van der Waals surface area contributed by atoms with Crippen LogP contribution in [0.5, 0.6) is 0 Å². The summed E-state index contributed by atoms with van der Waals surface area (Å²) in [6.45, 7) is 0. The second kappa shape index (κ2) is 7.43. The molecule has 2 heterocycles. The Labute approximate surface area is 142 Å². The lowest BCUT2D eigenvalue weighted by molar-refractivity contribution is -0.116. The quantitative estimate of drug-likeness (QED) is 0.687. The van der Waals surface area contributed by atoms with E-state index in [1.807, 2.05) is 0 Å². The van der Waals surface area contributed by atoms with E-state index in [9.17, 15) is 9.59 Å². The first-order valence-electron chi connectivity index (χ1n) is 7.50. The molecule has 0 spiro atoms. The molecule has 0 atom stereocenters. The topological polar surface area (TPSA) is 107 Å². The summed E-state index contributed by atoms with van der Waals surface area (Å²) in [7, 11) is 1.31. The number of esters is 1. The molecule has 3 rings (SSSR count). The number of nitrogens with one attached hydrogen (secondary N) is 1. The van der Waals surface area contributed by atoms with E-state index in [1.54, 1.807) is 36.4 Å². The lowest BCUT2D eigenvalue weighted by Gasteiger charge is -2.05. The van der Waals surface area contributed by atoms with Crippen molar-refractivity contribution in [3.63, 3.8) is 0 Å². The van der Waals surface area contributed by atoms with Gasteiger partial charge in [-0.05, 0) is 36.4 Å². The van der Waals surface area contributed by atoms with E-state index < -0.39 is 5.97 Å². The molecule has 1 amide bonds. The highest BCUT2D eigenvalue weighted by atomic mass is 16.5. The van der Waals surface area contributed by atoms with Crippen LogP contribution in [-0.4, -0.2) is 29.1 Å². The molecule has 8 nitrogen and oxygen atoms in total. The van der Waals surface area contributed by atoms with Crippen LogP contribution in [0.4, 0.5) is 5.69 Å². The lowest BCUT2D eigenvalue weighted by atomic mass is 10.2. The number of hydrogen-bond acceptors (Lipinski definition) is 7. The molecular formula is C17H15N3O5. The summed E-state index contributed by atoms with van der Waals surface area (Å²) in [5.41, 5.74) is 0.997. The molecule has 1 aromatic carbocycles. The normalized spacial score (nSPS) is 10.4. The molecule has 0 radical (unpaired) electrons. The van der Waals surface area contributed by atoms with E-state index in [0.29, 0.717) is 35.1 Å². The van der Waals surface area contributed by atoms with E-state index in [0.717, 1.165) is 0 Å².